The summed E-state index contributed by atoms with van der Waals surface area (Å²) in [5.41, 5.74) is -0.00216. The van der Waals surface area contributed by atoms with Gasteiger partial charge in [0, 0.05) is 19.3 Å². The zero-order valence-electron chi connectivity index (χ0n) is 10.7. The molecule has 0 aromatic heterocycles. The van der Waals surface area contributed by atoms with E-state index in [1.165, 1.54) is 19.2 Å². The van der Waals surface area contributed by atoms with Crippen LogP contribution < -0.4 is 5.32 Å². The minimum Gasteiger partial charge on any atom is -0.396 e. The Kier molecular flexibility index (Phi) is 6.38. The Morgan fingerprint density at radius 2 is 2.21 bits per heavy atom. The molecule has 1 unspecified atom stereocenters. The van der Waals surface area contributed by atoms with Gasteiger partial charge in [0.2, 0.25) is 5.91 Å². The summed E-state index contributed by atoms with van der Waals surface area (Å²) < 4.78 is 31.2. The molecule has 4 nitrogen and oxygen atoms in total. The minimum absolute atomic E-state index is 0.00216. The fourth-order valence-corrected chi connectivity index (χ4v) is 1.69. The van der Waals surface area contributed by atoms with Crippen LogP contribution in [0.15, 0.2) is 18.2 Å². The first kappa shape index (κ1) is 15.5. The number of halogens is 2. The molecule has 1 atom stereocenters. The van der Waals surface area contributed by atoms with Gasteiger partial charge in [-0.3, -0.25) is 4.79 Å². The summed E-state index contributed by atoms with van der Waals surface area (Å²) in [6, 6.07) is 3.35. The van der Waals surface area contributed by atoms with Crippen molar-refractivity contribution in [3.05, 3.63) is 35.4 Å². The number of ether oxygens (including phenoxy) is 1. The van der Waals surface area contributed by atoms with E-state index in [0.717, 1.165) is 6.07 Å². The zero-order valence-corrected chi connectivity index (χ0v) is 10.7. The average Bonchev–Trinajstić information content (AvgIpc) is 2.35. The molecular weight excluding hydrogens is 256 g/mol. The topological polar surface area (TPSA) is 58.6 Å². The van der Waals surface area contributed by atoms with Crippen molar-refractivity contribution in [3.63, 3.8) is 0 Å². The number of benzene rings is 1. The lowest BCUT2D eigenvalue weighted by Crippen LogP contribution is -2.39. The maximum Gasteiger partial charge on any atom is 0.224 e. The molecule has 0 spiro atoms. The van der Waals surface area contributed by atoms with Crippen molar-refractivity contribution in [2.24, 2.45) is 0 Å². The standard InChI is InChI=1S/C13H17F2NO3/c1-19-8-10(5-6-17)16-12(18)7-9-3-2-4-11(14)13(9)15/h2-4,10,17H,5-8H2,1H3,(H,16,18). The molecule has 0 heterocycles. The van der Waals surface area contributed by atoms with Crippen molar-refractivity contribution in [2.45, 2.75) is 18.9 Å². The number of hydrogen-bond acceptors (Lipinski definition) is 3. The van der Waals surface area contributed by atoms with Crippen molar-refractivity contribution in [3.8, 4) is 0 Å². The number of amides is 1. The van der Waals surface area contributed by atoms with E-state index in [1.54, 1.807) is 0 Å². The Labute approximate surface area is 110 Å². The quantitative estimate of drug-likeness (QED) is 0.780. The molecule has 1 amide bonds. The van der Waals surface area contributed by atoms with Crippen LogP contribution in [0.25, 0.3) is 0 Å². The number of rotatable bonds is 7. The highest BCUT2D eigenvalue weighted by molar-refractivity contribution is 5.78. The summed E-state index contributed by atoms with van der Waals surface area (Å²) in [7, 11) is 1.47. The highest BCUT2D eigenvalue weighted by Crippen LogP contribution is 2.12. The van der Waals surface area contributed by atoms with Gasteiger partial charge in [0.15, 0.2) is 11.6 Å². The van der Waals surface area contributed by atoms with Crippen LogP contribution in [-0.4, -0.2) is 37.4 Å². The predicted molar refractivity (Wildman–Crippen MR) is 65.6 cm³/mol. The number of hydrogen-bond donors (Lipinski definition) is 2. The second kappa shape index (κ2) is 7.81. The van der Waals surface area contributed by atoms with E-state index in [-0.39, 0.29) is 31.2 Å². The minimum atomic E-state index is -1.01. The summed E-state index contributed by atoms with van der Waals surface area (Å²) in [4.78, 5) is 11.7. The van der Waals surface area contributed by atoms with E-state index in [1.807, 2.05) is 0 Å². The molecule has 0 bridgehead atoms. The number of nitrogens with one attached hydrogen (secondary N) is 1. The Morgan fingerprint density at radius 3 is 2.84 bits per heavy atom. The summed E-state index contributed by atoms with van der Waals surface area (Å²) in [6.45, 7) is 0.153. The van der Waals surface area contributed by atoms with Crippen molar-refractivity contribution in [2.75, 3.05) is 20.3 Å². The zero-order chi connectivity index (χ0) is 14.3. The van der Waals surface area contributed by atoms with E-state index in [9.17, 15) is 13.6 Å². The molecule has 0 radical (unpaired) electrons. The molecule has 1 rings (SSSR count). The molecule has 2 N–H and O–H groups in total. The third-order valence-electron chi connectivity index (χ3n) is 2.59. The molecule has 0 fully saturated rings. The SMILES string of the molecule is COCC(CCO)NC(=O)Cc1cccc(F)c1F. The van der Waals surface area contributed by atoms with Crippen molar-refractivity contribution in [1.29, 1.82) is 0 Å². The fraction of sp³-hybridized carbons (Fsp3) is 0.462. The van der Waals surface area contributed by atoms with Gasteiger partial charge in [-0.1, -0.05) is 12.1 Å². The lowest BCUT2D eigenvalue weighted by molar-refractivity contribution is -0.121. The van der Waals surface area contributed by atoms with Gasteiger partial charge in [0.1, 0.15) is 0 Å². The van der Waals surface area contributed by atoms with E-state index < -0.39 is 17.5 Å². The summed E-state index contributed by atoms with van der Waals surface area (Å²) >= 11 is 0. The molecule has 1 aromatic carbocycles. The number of aliphatic hydroxyl groups excluding tert-OH is 1. The lowest BCUT2D eigenvalue weighted by Gasteiger charge is -2.16. The van der Waals surface area contributed by atoms with Crippen LogP contribution in [0.4, 0.5) is 8.78 Å². The number of carbonyl (C=O) groups is 1. The Balaban J connectivity index is 2.61. The normalized spacial score (nSPS) is 12.2. The fourth-order valence-electron chi connectivity index (χ4n) is 1.69. The van der Waals surface area contributed by atoms with E-state index >= 15 is 0 Å². The van der Waals surface area contributed by atoms with Crippen LogP contribution in [0.2, 0.25) is 0 Å². The van der Waals surface area contributed by atoms with Gasteiger partial charge in [-0.05, 0) is 12.5 Å². The average molecular weight is 273 g/mol. The summed E-state index contributed by atoms with van der Waals surface area (Å²) in [6.07, 6.45) is 0.0838. The molecule has 0 saturated heterocycles. The first-order valence-corrected chi connectivity index (χ1v) is 5.90. The maximum atomic E-state index is 13.4. The predicted octanol–water partition coefficient (Wildman–Crippen LogP) is 1.02. The van der Waals surface area contributed by atoms with Gasteiger partial charge < -0.3 is 15.2 Å². The van der Waals surface area contributed by atoms with Gasteiger partial charge in [0.25, 0.3) is 0 Å². The monoisotopic (exact) mass is 273 g/mol. The van der Waals surface area contributed by atoms with Crippen molar-refractivity contribution in [1.82, 2.24) is 5.32 Å². The largest absolute Gasteiger partial charge is 0.396 e. The molecule has 19 heavy (non-hydrogen) atoms. The highest BCUT2D eigenvalue weighted by atomic mass is 19.2. The third-order valence-corrected chi connectivity index (χ3v) is 2.59. The molecule has 106 valence electrons. The Bertz CT molecular complexity index is 420. The van der Waals surface area contributed by atoms with E-state index in [0.29, 0.717) is 6.42 Å². The molecule has 0 aliphatic carbocycles. The number of carbonyl (C=O) groups excluding carboxylic acids is 1. The van der Waals surface area contributed by atoms with E-state index in [2.05, 4.69) is 5.32 Å². The molecule has 0 aliphatic rings. The third kappa shape index (κ3) is 4.92. The van der Waals surface area contributed by atoms with Crippen molar-refractivity contribution < 1.29 is 23.4 Å². The maximum absolute atomic E-state index is 13.4. The molecule has 0 saturated carbocycles. The van der Waals surface area contributed by atoms with Gasteiger partial charge >= 0.3 is 0 Å². The highest BCUT2D eigenvalue weighted by Gasteiger charge is 2.15. The lowest BCUT2D eigenvalue weighted by atomic mass is 10.1. The van der Waals surface area contributed by atoms with Crippen molar-refractivity contribution >= 4 is 5.91 Å². The van der Waals surface area contributed by atoms with Crippen LogP contribution in [0.1, 0.15) is 12.0 Å². The van der Waals surface area contributed by atoms with Gasteiger partial charge in [-0.25, -0.2) is 8.78 Å². The first-order valence-electron chi connectivity index (χ1n) is 5.90. The second-order valence-corrected chi connectivity index (χ2v) is 4.12. The van der Waals surface area contributed by atoms with Gasteiger partial charge in [0.05, 0.1) is 19.1 Å². The Hall–Kier alpha value is -1.53. The molecule has 0 aliphatic heterocycles. The smallest absolute Gasteiger partial charge is 0.224 e. The first-order chi connectivity index (χ1) is 9.08. The van der Waals surface area contributed by atoms with Crippen LogP contribution >= 0.6 is 0 Å². The summed E-state index contributed by atoms with van der Waals surface area (Å²) in [5, 5.41) is 11.4. The molecular formula is C13H17F2NO3. The van der Waals surface area contributed by atoms with E-state index in [4.69, 9.17) is 9.84 Å². The van der Waals surface area contributed by atoms with Gasteiger partial charge in [-0.15, -0.1) is 0 Å². The van der Waals surface area contributed by atoms with Crippen LogP contribution in [0.3, 0.4) is 0 Å². The van der Waals surface area contributed by atoms with Crippen LogP contribution in [0.5, 0.6) is 0 Å². The Morgan fingerprint density at radius 1 is 1.47 bits per heavy atom. The number of aliphatic hydroxyl groups is 1. The number of methoxy groups -OCH3 is 1. The van der Waals surface area contributed by atoms with Gasteiger partial charge in [-0.2, -0.15) is 0 Å². The summed E-state index contributed by atoms with van der Waals surface area (Å²) in [5.74, 6) is -2.43. The van der Waals surface area contributed by atoms with Crippen LogP contribution in [-0.2, 0) is 16.0 Å². The van der Waals surface area contributed by atoms with Crippen LogP contribution in [0, 0.1) is 11.6 Å². The second-order valence-electron chi connectivity index (χ2n) is 4.12. The molecule has 6 heteroatoms. The molecule has 1 aromatic rings.